The molecule has 0 aromatic carbocycles. The minimum Gasteiger partial charge on any atom is -0.333 e. The van der Waals surface area contributed by atoms with Gasteiger partial charge in [-0.05, 0) is 12.8 Å². The van der Waals surface area contributed by atoms with Crippen LogP contribution in [0.4, 0.5) is 13.2 Å². The molecular formula is C16H23F3N4O. The summed E-state index contributed by atoms with van der Waals surface area (Å²) < 4.78 is 41.7. The lowest BCUT2D eigenvalue weighted by molar-refractivity contribution is -0.201. The molecule has 0 bridgehead atoms. The molecule has 3 rings (SSSR count). The maximum Gasteiger partial charge on any atom is 0.392 e. The van der Waals surface area contributed by atoms with Crippen molar-refractivity contribution in [1.29, 1.82) is 0 Å². The normalized spacial score (nSPS) is 25.0. The van der Waals surface area contributed by atoms with Crippen molar-refractivity contribution in [2.75, 3.05) is 6.54 Å². The Morgan fingerprint density at radius 2 is 1.88 bits per heavy atom. The average molecular weight is 344 g/mol. The SMILES string of the molecule is CC(C)c1nnc2n1CCN(C(=O)C1CCCCC1C(F)(F)F)C2. The Balaban J connectivity index is 1.76. The number of alkyl halides is 3. The summed E-state index contributed by atoms with van der Waals surface area (Å²) in [6.07, 6.45) is -2.70. The lowest BCUT2D eigenvalue weighted by Crippen LogP contribution is -2.47. The van der Waals surface area contributed by atoms with Crippen LogP contribution in [0, 0.1) is 11.8 Å². The van der Waals surface area contributed by atoms with E-state index < -0.39 is 18.0 Å². The molecule has 5 nitrogen and oxygen atoms in total. The van der Waals surface area contributed by atoms with Crippen LogP contribution in [0.5, 0.6) is 0 Å². The maximum atomic E-state index is 13.3. The van der Waals surface area contributed by atoms with Crippen LogP contribution in [0.15, 0.2) is 0 Å². The monoisotopic (exact) mass is 344 g/mol. The first kappa shape index (κ1) is 17.2. The van der Waals surface area contributed by atoms with Crippen LogP contribution >= 0.6 is 0 Å². The van der Waals surface area contributed by atoms with Crippen molar-refractivity contribution in [2.24, 2.45) is 11.8 Å². The van der Waals surface area contributed by atoms with Gasteiger partial charge in [0.05, 0.1) is 12.5 Å². The largest absolute Gasteiger partial charge is 0.392 e. The van der Waals surface area contributed by atoms with Crippen molar-refractivity contribution in [3.8, 4) is 0 Å². The van der Waals surface area contributed by atoms with Gasteiger partial charge in [-0.1, -0.05) is 26.7 Å². The van der Waals surface area contributed by atoms with E-state index in [-0.39, 0.29) is 24.8 Å². The molecule has 1 fully saturated rings. The zero-order valence-corrected chi connectivity index (χ0v) is 14.0. The van der Waals surface area contributed by atoms with Gasteiger partial charge in [-0.25, -0.2) is 0 Å². The van der Waals surface area contributed by atoms with Crippen molar-refractivity contribution >= 4 is 5.91 Å². The lowest BCUT2D eigenvalue weighted by Gasteiger charge is -2.37. The zero-order valence-electron chi connectivity index (χ0n) is 14.0. The summed E-state index contributed by atoms with van der Waals surface area (Å²) in [5.74, 6) is -1.08. The quantitative estimate of drug-likeness (QED) is 0.828. The van der Waals surface area contributed by atoms with Crippen molar-refractivity contribution < 1.29 is 18.0 Å². The van der Waals surface area contributed by atoms with E-state index in [1.807, 2.05) is 18.4 Å². The fourth-order valence-corrected chi connectivity index (χ4v) is 3.85. The third-order valence-electron chi connectivity index (χ3n) is 5.11. The number of nitrogens with zero attached hydrogens (tertiary/aromatic N) is 4. The highest BCUT2D eigenvalue weighted by atomic mass is 19.4. The van der Waals surface area contributed by atoms with Crippen LogP contribution in [0.3, 0.4) is 0 Å². The molecular weight excluding hydrogens is 321 g/mol. The molecule has 2 atom stereocenters. The Morgan fingerprint density at radius 1 is 1.17 bits per heavy atom. The van der Waals surface area contributed by atoms with Gasteiger partial charge in [0.2, 0.25) is 5.91 Å². The number of rotatable bonds is 2. The molecule has 0 N–H and O–H groups in total. The predicted octanol–water partition coefficient (Wildman–Crippen LogP) is 3.11. The number of halogens is 3. The summed E-state index contributed by atoms with van der Waals surface area (Å²) in [5, 5.41) is 8.27. The maximum absolute atomic E-state index is 13.3. The van der Waals surface area contributed by atoms with Crippen molar-refractivity contribution in [3.05, 3.63) is 11.6 Å². The van der Waals surface area contributed by atoms with E-state index in [1.165, 1.54) is 4.90 Å². The third kappa shape index (κ3) is 3.15. The van der Waals surface area contributed by atoms with Gasteiger partial charge in [-0.3, -0.25) is 4.79 Å². The van der Waals surface area contributed by atoms with Gasteiger partial charge in [-0.2, -0.15) is 13.2 Å². The van der Waals surface area contributed by atoms with Crippen LogP contribution in [0.25, 0.3) is 0 Å². The second-order valence-corrected chi connectivity index (χ2v) is 7.08. The first-order valence-corrected chi connectivity index (χ1v) is 8.56. The van der Waals surface area contributed by atoms with Gasteiger partial charge in [0.15, 0.2) is 5.82 Å². The Morgan fingerprint density at radius 3 is 2.54 bits per heavy atom. The Bertz CT molecular complexity index is 611. The summed E-state index contributed by atoms with van der Waals surface area (Å²) in [5.41, 5.74) is 0. The fourth-order valence-electron chi connectivity index (χ4n) is 3.85. The van der Waals surface area contributed by atoms with Gasteiger partial charge < -0.3 is 9.47 Å². The van der Waals surface area contributed by atoms with Crippen molar-refractivity contribution in [2.45, 2.75) is 64.7 Å². The molecule has 8 heteroatoms. The zero-order chi connectivity index (χ0) is 17.5. The second kappa shape index (κ2) is 6.37. The standard InChI is InChI=1S/C16H23F3N4O/c1-10(2)14-21-20-13-9-22(7-8-23(13)14)15(24)11-5-3-4-6-12(11)16(17,18)19/h10-12H,3-9H2,1-2H3. The number of carbonyl (C=O) groups excluding carboxylic acids is 1. The van der Waals surface area contributed by atoms with E-state index in [2.05, 4.69) is 10.2 Å². The highest BCUT2D eigenvalue weighted by molar-refractivity contribution is 5.79. The number of carbonyl (C=O) groups is 1. The number of hydrogen-bond donors (Lipinski definition) is 0. The van der Waals surface area contributed by atoms with Crippen molar-refractivity contribution in [3.63, 3.8) is 0 Å². The van der Waals surface area contributed by atoms with E-state index >= 15 is 0 Å². The Hall–Kier alpha value is -1.60. The van der Waals surface area contributed by atoms with Gasteiger partial charge >= 0.3 is 6.18 Å². The second-order valence-electron chi connectivity index (χ2n) is 7.08. The summed E-state index contributed by atoms with van der Waals surface area (Å²) in [6.45, 7) is 5.25. The summed E-state index contributed by atoms with van der Waals surface area (Å²) in [4.78, 5) is 14.3. The molecule has 134 valence electrons. The highest BCUT2D eigenvalue weighted by Gasteiger charge is 2.49. The Labute approximate surface area is 139 Å². The van der Waals surface area contributed by atoms with E-state index in [0.29, 0.717) is 38.2 Å². The van der Waals surface area contributed by atoms with Crippen LogP contribution in [0.2, 0.25) is 0 Å². The van der Waals surface area contributed by atoms with E-state index in [1.54, 1.807) is 0 Å². The van der Waals surface area contributed by atoms with Crippen molar-refractivity contribution in [1.82, 2.24) is 19.7 Å². The van der Waals surface area contributed by atoms with Crippen LogP contribution in [-0.4, -0.2) is 38.3 Å². The number of hydrogen-bond acceptors (Lipinski definition) is 3. The van der Waals surface area contributed by atoms with Crippen LogP contribution < -0.4 is 0 Å². The molecule has 2 heterocycles. The molecule has 1 aliphatic heterocycles. The molecule has 2 unspecified atom stereocenters. The lowest BCUT2D eigenvalue weighted by atomic mass is 9.78. The first-order valence-electron chi connectivity index (χ1n) is 8.56. The van der Waals surface area contributed by atoms with Crippen LogP contribution in [0.1, 0.15) is 57.1 Å². The predicted molar refractivity (Wildman–Crippen MR) is 81.0 cm³/mol. The van der Waals surface area contributed by atoms with Gasteiger partial charge in [0.1, 0.15) is 5.82 Å². The number of aromatic nitrogens is 3. The molecule has 1 saturated carbocycles. The molecule has 2 aliphatic rings. The van der Waals surface area contributed by atoms with E-state index in [9.17, 15) is 18.0 Å². The number of amides is 1. The molecule has 1 amide bonds. The molecule has 0 radical (unpaired) electrons. The Kier molecular flexibility index (Phi) is 4.57. The summed E-state index contributed by atoms with van der Waals surface area (Å²) in [6, 6.07) is 0. The summed E-state index contributed by atoms with van der Waals surface area (Å²) >= 11 is 0. The third-order valence-corrected chi connectivity index (χ3v) is 5.11. The molecule has 1 aromatic rings. The highest BCUT2D eigenvalue weighted by Crippen LogP contribution is 2.42. The van der Waals surface area contributed by atoms with Gasteiger partial charge in [0, 0.05) is 24.9 Å². The smallest absolute Gasteiger partial charge is 0.333 e. The molecule has 1 aliphatic carbocycles. The summed E-state index contributed by atoms with van der Waals surface area (Å²) in [7, 11) is 0. The van der Waals surface area contributed by atoms with E-state index in [0.717, 1.165) is 5.82 Å². The van der Waals surface area contributed by atoms with Crippen LogP contribution in [-0.2, 0) is 17.9 Å². The fraction of sp³-hybridized carbons (Fsp3) is 0.812. The molecule has 0 saturated heterocycles. The molecule has 24 heavy (non-hydrogen) atoms. The van der Waals surface area contributed by atoms with Gasteiger partial charge in [0.25, 0.3) is 0 Å². The first-order chi connectivity index (χ1) is 11.3. The number of fused-ring (bicyclic) bond motifs is 1. The average Bonchev–Trinajstić information content (AvgIpc) is 2.96. The molecule has 0 spiro atoms. The minimum atomic E-state index is -4.30. The minimum absolute atomic E-state index is 0.0570. The van der Waals surface area contributed by atoms with Gasteiger partial charge in [-0.15, -0.1) is 10.2 Å². The van der Waals surface area contributed by atoms with E-state index in [4.69, 9.17) is 0 Å². The topological polar surface area (TPSA) is 51.0 Å². The molecule has 1 aromatic heterocycles.